The molecule has 0 spiro atoms. The number of carbonyl (C=O) groups is 1. The Hall–Kier alpha value is -3.65. The van der Waals surface area contributed by atoms with Gasteiger partial charge in [0.05, 0.1) is 6.54 Å². The Balaban J connectivity index is 1.69. The molecule has 30 heavy (non-hydrogen) atoms. The molecule has 0 aromatic heterocycles. The zero-order valence-electron chi connectivity index (χ0n) is 16.7. The first-order valence-electron chi connectivity index (χ1n) is 10.3. The number of carbonyl (C=O) groups excluding carboxylic acids is 1. The maximum atomic E-state index is 14.2. The lowest BCUT2D eigenvalue weighted by Crippen LogP contribution is -2.42. The van der Waals surface area contributed by atoms with Gasteiger partial charge in [-0.3, -0.25) is 4.79 Å². The number of amides is 1. The Bertz CT molecular complexity index is 1150. The van der Waals surface area contributed by atoms with Crippen LogP contribution in [0.3, 0.4) is 0 Å². The second kappa shape index (κ2) is 7.64. The third-order valence-corrected chi connectivity index (χ3v) is 6.03. The average molecular weight is 389 g/mol. The van der Waals surface area contributed by atoms with Crippen molar-refractivity contribution in [1.82, 2.24) is 0 Å². The fourth-order valence-corrected chi connectivity index (χ4v) is 4.62. The number of para-hydroxylation sites is 1. The molecule has 146 valence electrons. The van der Waals surface area contributed by atoms with Crippen molar-refractivity contribution in [1.29, 1.82) is 0 Å². The van der Waals surface area contributed by atoms with Crippen LogP contribution in [0.5, 0.6) is 0 Å². The van der Waals surface area contributed by atoms with Crippen LogP contribution in [0.4, 0.5) is 5.69 Å². The highest BCUT2D eigenvalue weighted by Crippen LogP contribution is 2.48. The Kier molecular flexibility index (Phi) is 4.68. The topological polar surface area (TPSA) is 20.3 Å². The zero-order chi connectivity index (χ0) is 20.4. The summed E-state index contributed by atoms with van der Waals surface area (Å²) in [6, 6.07) is 39.0. The molecule has 1 amide bonds. The third kappa shape index (κ3) is 3.02. The van der Waals surface area contributed by atoms with Gasteiger partial charge in [-0.15, -0.1) is 0 Å². The van der Waals surface area contributed by atoms with Crippen LogP contribution in [-0.2, 0) is 23.2 Å². The van der Waals surface area contributed by atoms with Crippen LogP contribution in [0.2, 0.25) is 0 Å². The van der Waals surface area contributed by atoms with Gasteiger partial charge in [0.25, 0.3) is 0 Å². The number of rotatable bonds is 5. The fraction of sp³-hybridized carbons (Fsp3) is 0.107. The molecule has 0 saturated heterocycles. The van der Waals surface area contributed by atoms with E-state index < -0.39 is 5.41 Å². The normalized spacial score (nSPS) is 17.7. The number of anilines is 1. The van der Waals surface area contributed by atoms with Crippen LogP contribution >= 0.6 is 0 Å². The first-order chi connectivity index (χ1) is 14.8. The lowest BCUT2D eigenvalue weighted by Gasteiger charge is -2.30. The van der Waals surface area contributed by atoms with Gasteiger partial charge >= 0.3 is 0 Å². The second-order valence-corrected chi connectivity index (χ2v) is 7.83. The predicted octanol–water partition coefficient (Wildman–Crippen LogP) is 5.76. The average Bonchev–Trinajstić information content (AvgIpc) is 3.05. The molecule has 0 bridgehead atoms. The van der Waals surface area contributed by atoms with Crippen LogP contribution in [0.1, 0.15) is 22.3 Å². The van der Waals surface area contributed by atoms with Gasteiger partial charge in [-0.05, 0) is 34.7 Å². The van der Waals surface area contributed by atoms with Crippen LogP contribution in [-0.4, -0.2) is 5.91 Å². The standard InChI is InChI=1S/C28H23NO/c30-27-28(24-16-8-3-9-17-24,20-22-12-4-1-5-13-22)25-18-10-11-19-26(25)29(27)21-23-14-6-2-7-15-23/h1-19H,20-21H2/t28-/m0/s1. The van der Waals surface area contributed by atoms with Gasteiger partial charge in [-0.1, -0.05) is 109 Å². The summed E-state index contributed by atoms with van der Waals surface area (Å²) < 4.78 is 0. The van der Waals surface area contributed by atoms with E-state index in [-0.39, 0.29) is 5.91 Å². The minimum absolute atomic E-state index is 0.141. The maximum absolute atomic E-state index is 14.2. The smallest absolute Gasteiger partial charge is 0.242 e. The van der Waals surface area contributed by atoms with Crippen molar-refractivity contribution in [2.75, 3.05) is 4.90 Å². The van der Waals surface area contributed by atoms with E-state index in [4.69, 9.17) is 0 Å². The molecule has 1 aliphatic heterocycles. The van der Waals surface area contributed by atoms with E-state index in [2.05, 4.69) is 48.5 Å². The van der Waals surface area contributed by atoms with Crippen molar-refractivity contribution in [3.05, 3.63) is 138 Å². The largest absolute Gasteiger partial charge is 0.307 e. The lowest BCUT2D eigenvalue weighted by molar-refractivity contribution is -0.122. The summed E-state index contributed by atoms with van der Waals surface area (Å²) in [6.07, 6.45) is 0.638. The molecule has 0 radical (unpaired) electrons. The minimum atomic E-state index is -0.728. The molecule has 0 unspecified atom stereocenters. The summed E-state index contributed by atoms with van der Waals surface area (Å²) in [5, 5.41) is 0. The highest BCUT2D eigenvalue weighted by molar-refractivity contribution is 6.10. The molecule has 2 nitrogen and oxygen atoms in total. The van der Waals surface area contributed by atoms with E-state index in [1.54, 1.807) is 0 Å². The van der Waals surface area contributed by atoms with Gasteiger partial charge in [-0.25, -0.2) is 0 Å². The Morgan fingerprint density at radius 2 is 1.13 bits per heavy atom. The Morgan fingerprint density at radius 1 is 0.600 bits per heavy atom. The van der Waals surface area contributed by atoms with Crippen LogP contribution in [0, 0.1) is 0 Å². The fourth-order valence-electron chi connectivity index (χ4n) is 4.62. The molecule has 4 aromatic rings. The van der Waals surface area contributed by atoms with Gasteiger partial charge < -0.3 is 4.90 Å². The van der Waals surface area contributed by atoms with Crippen molar-refractivity contribution in [2.24, 2.45) is 0 Å². The van der Waals surface area contributed by atoms with Crippen LogP contribution < -0.4 is 4.90 Å². The number of hydrogen-bond donors (Lipinski definition) is 0. The van der Waals surface area contributed by atoms with Gasteiger partial charge in [0.15, 0.2) is 0 Å². The van der Waals surface area contributed by atoms with E-state index in [9.17, 15) is 4.79 Å². The van der Waals surface area contributed by atoms with Crippen molar-refractivity contribution in [2.45, 2.75) is 18.4 Å². The molecule has 0 N–H and O–H groups in total. The summed E-state index contributed by atoms with van der Waals surface area (Å²) in [7, 11) is 0. The number of nitrogens with zero attached hydrogens (tertiary/aromatic N) is 1. The molecule has 5 rings (SSSR count). The van der Waals surface area contributed by atoms with Crippen molar-refractivity contribution in [3.8, 4) is 0 Å². The van der Waals surface area contributed by atoms with E-state index in [0.29, 0.717) is 13.0 Å². The predicted molar refractivity (Wildman–Crippen MR) is 121 cm³/mol. The molecule has 1 heterocycles. The van der Waals surface area contributed by atoms with Crippen molar-refractivity contribution >= 4 is 11.6 Å². The molecular weight excluding hydrogens is 366 g/mol. The zero-order valence-corrected chi connectivity index (χ0v) is 16.7. The Labute approximate surface area is 177 Å². The summed E-state index contributed by atoms with van der Waals surface area (Å²) in [4.78, 5) is 16.2. The van der Waals surface area contributed by atoms with Crippen molar-refractivity contribution < 1.29 is 4.79 Å². The van der Waals surface area contributed by atoms with E-state index >= 15 is 0 Å². The number of fused-ring (bicyclic) bond motifs is 1. The molecule has 2 heteroatoms. The summed E-state index contributed by atoms with van der Waals surface area (Å²) in [5.74, 6) is 0.141. The summed E-state index contributed by atoms with van der Waals surface area (Å²) in [6.45, 7) is 0.570. The first kappa shape index (κ1) is 18.4. The van der Waals surface area contributed by atoms with E-state index in [1.165, 1.54) is 0 Å². The van der Waals surface area contributed by atoms with Crippen LogP contribution in [0.25, 0.3) is 0 Å². The highest BCUT2D eigenvalue weighted by Gasteiger charge is 2.51. The first-order valence-corrected chi connectivity index (χ1v) is 10.3. The minimum Gasteiger partial charge on any atom is -0.307 e. The molecule has 1 atom stereocenters. The van der Waals surface area contributed by atoms with E-state index in [0.717, 1.165) is 27.9 Å². The molecule has 1 aliphatic rings. The lowest BCUT2D eigenvalue weighted by atomic mass is 9.71. The van der Waals surface area contributed by atoms with Gasteiger partial charge in [0.2, 0.25) is 5.91 Å². The quantitative estimate of drug-likeness (QED) is 0.425. The van der Waals surface area contributed by atoms with E-state index in [1.807, 2.05) is 71.6 Å². The highest BCUT2D eigenvalue weighted by atomic mass is 16.2. The Morgan fingerprint density at radius 3 is 1.80 bits per heavy atom. The SMILES string of the molecule is O=C1N(Cc2ccccc2)c2ccccc2[C@]1(Cc1ccccc1)c1ccccc1. The molecule has 0 saturated carbocycles. The summed E-state index contributed by atoms with van der Waals surface area (Å²) in [5.41, 5.74) is 4.69. The number of hydrogen-bond acceptors (Lipinski definition) is 1. The maximum Gasteiger partial charge on any atom is 0.242 e. The molecular formula is C28H23NO. The molecule has 0 fully saturated rings. The molecule has 4 aromatic carbocycles. The second-order valence-electron chi connectivity index (χ2n) is 7.83. The summed E-state index contributed by atoms with van der Waals surface area (Å²) >= 11 is 0. The molecule has 0 aliphatic carbocycles. The van der Waals surface area contributed by atoms with Gasteiger partial charge in [0.1, 0.15) is 5.41 Å². The van der Waals surface area contributed by atoms with Gasteiger partial charge in [0, 0.05) is 5.69 Å². The van der Waals surface area contributed by atoms with Crippen LogP contribution in [0.15, 0.2) is 115 Å². The monoisotopic (exact) mass is 389 g/mol. The van der Waals surface area contributed by atoms with Gasteiger partial charge in [-0.2, -0.15) is 0 Å². The van der Waals surface area contributed by atoms with Crippen molar-refractivity contribution in [3.63, 3.8) is 0 Å². The third-order valence-electron chi connectivity index (χ3n) is 6.03. The number of benzene rings is 4.